The summed E-state index contributed by atoms with van der Waals surface area (Å²) in [6, 6.07) is 8.14. The Balaban J connectivity index is 1.44. The zero-order valence-electron chi connectivity index (χ0n) is 20.3. The van der Waals surface area contributed by atoms with Crippen molar-refractivity contribution >= 4 is 11.8 Å². The number of alkyl halides is 3. The molecule has 1 unspecified atom stereocenters. The lowest BCUT2D eigenvalue weighted by Crippen LogP contribution is -2.72. The summed E-state index contributed by atoms with van der Waals surface area (Å²) in [5.74, 6) is 0.912. The summed E-state index contributed by atoms with van der Waals surface area (Å²) in [7, 11) is 0. The molecule has 6 nitrogen and oxygen atoms in total. The average Bonchev–Trinajstić information content (AvgIpc) is 3.27. The zero-order chi connectivity index (χ0) is 25.4. The maximum absolute atomic E-state index is 13.4. The molecule has 2 aromatic rings. The van der Waals surface area contributed by atoms with Gasteiger partial charge in [-0.25, -0.2) is 0 Å². The number of likely N-dealkylation sites (tertiary alicyclic amines) is 1. The number of carbonyl (C=O) groups is 2. The van der Waals surface area contributed by atoms with E-state index in [4.69, 9.17) is 4.42 Å². The number of hydrogen-bond donors (Lipinski definition) is 1. The number of amides is 2. The van der Waals surface area contributed by atoms with E-state index in [1.165, 1.54) is 12.1 Å². The van der Waals surface area contributed by atoms with Crippen LogP contribution in [0.1, 0.15) is 51.4 Å². The van der Waals surface area contributed by atoms with Crippen molar-refractivity contribution in [2.75, 3.05) is 19.6 Å². The van der Waals surface area contributed by atoms with Gasteiger partial charge in [0.05, 0.1) is 12.1 Å². The molecule has 0 bridgehead atoms. The third kappa shape index (κ3) is 4.96. The van der Waals surface area contributed by atoms with Crippen molar-refractivity contribution in [2.45, 2.75) is 64.3 Å². The molecule has 190 valence electrons. The maximum Gasteiger partial charge on any atom is 0.417 e. The molecule has 2 saturated heterocycles. The van der Waals surface area contributed by atoms with Crippen molar-refractivity contribution in [3.8, 4) is 11.3 Å². The molecule has 0 aliphatic carbocycles. The molecule has 1 N–H and O–H groups in total. The van der Waals surface area contributed by atoms with Crippen molar-refractivity contribution in [3.63, 3.8) is 0 Å². The minimum atomic E-state index is -4.47. The monoisotopic (exact) mass is 491 g/mol. The van der Waals surface area contributed by atoms with Crippen LogP contribution < -0.4 is 5.32 Å². The van der Waals surface area contributed by atoms with Crippen molar-refractivity contribution in [2.24, 2.45) is 5.92 Å². The van der Waals surface area contributed by atoms with Crippen LogP contribution in [0, 0.1) is 5.92 Å². The SMILES string of the molecule is CCN1C(=O)C(CC(C)C)NC(=O)C12CCN(Cc1ccc(-c3ccccc3C(F)(F)F)o1)CC2. The van der Waals surface area contributed by atoms with E-state index < -0.39 is 23.3 Å². The van der Waals surface area contributed by atoms with E-state index in [0.717, 1.165) is 6.07 Å². The number of hydrogen-bond acceptors (Lipinski definition) is 4. The first-order chi connectivity index (χ1) is 16.5. The van der Waals surface area contributed by atoms with E-state index in [2.05, 4.69) is 10.2 Å². The van der Waals surface area contributed by atoms with E-state index in [1.54, 1.807) is 23.1 Å². The predicted molar refractivity (Wildman–Crippen MR) is 125 cm³/mol. The number of piperidine rings is 1. The lowest BCUT2D eigenvalue weighted by molar-refractivity contribution is -0.161. The highest BCUT2D eigenvalue weighted by atomic mass is 19.4. The number of carbonyl (C=O) groups excluding carboxylic acids is 2. The molecular formula is C26H32F3N3O3. The molecule has 0 radical (unpaired) electrons. The van der Waals surface area contributed by atoms with Crippen LogP contribution in [0.4, 0.5) is 13.2 Å². The van der Waals surface area contributed by atoms with Gasteiger partial charge in [0.15, 0.2) is 0 Å². The van der Waals surface area contributed by atoms with Gasteiger partial charge in [-0.15, -0.1) is 0 Å². The lowest BCUT2D eigenvalue weighted by atomic mass is 9.81. The minimum Gasteiger partial charge on any atom is -0.460 e. The maximum atomic E-state index is 13.4. The van der Waals surface area contributed by atoms with Crippen molar-refractivity contribution < 1.29 is 27.2 Å². The Hall–Kier alpha value is -2.81. The molecule has 9 heteroatoms. The molecule has 1 spiro atoms. The Bertz CT molecular complexity index is 1070. The van der Waals surface area contributed by atoms with Crippen LogP contribution in [-0.2, 0) is 22.3 Å². The largest absolute Gasteiger partial charge is 0.460 e. The first-order valence-corrected chi connectivity index (χ1v) is 12.1. The third-order valence-corrected chi connectivity index (χ3v) is 7.05. The number of furan rings is 1. The fourth-order valence-electron chi connectivity index (χ4n) is 5.32. The molecular weight excluding hydrogens is 459 g/mol. The third-order valence-electron chi connectivity index (χ3n) is 7.05. The molecule has 2 aliphatic rings. The van der Waals surface area contributed by atoms with Gasteiger partial charge in [-0.2, -0.15) is 13.2 Å². The summed E-state index contributed by atoms with van der Waals surface area (Å²) >= 11 is 0. The van der Waals surface area contributed by atoms with E-state index in [0.29, 0.717) is 57.1 Å². The van der Waals surface area contributed by atoms with Crippen molar-refractivity contribution in [3.05, 3.63) is 47.7 Å². The Kier molecular flexibility index (Phi) is 6.99. The van der Waals surface area contributed by atoms with Gasteiger partial charge >= 0.3 is 6.18 Å². The number of piperazine rings is 1. The molecule has 0 saturated carbocycles. The molecule has 1 aromatic heterocycles. The second-order valence-corrected chi connectivity index (χ2v) is 9.86. The highest BCUT2D eigenvalue weighted by Crippen LogP contribution is 2.38. The number of rotatable bonds is 6. The molecule has 2 fully saturated rings. The van der Waals surface area contributed by atoms with Crippen LogP contribution in [0.25, 0.3) is 11.3 Å². The van der Waals surface area contributed by atoms with E-state index >= 15 is 0 Å². The summed E-state index contributed by atoms with van der Waals surface area (Å²) in [6.45, 7) is 7.99. The minimum absolute atomic E-state index is 0.00998. The number of halogens is 3. The Morgan fingerprint density at radius 2 is 1.80 bits per heavy atom. The fourth-order valence-corrected chi connectivity index (χ4v) is 5.32. The van der Waals surface area contributed by atoms with Crippen LogP contribution in [-0.4, -0.2) is 52.8 Å². The van der Waals surface area contributed by atoms with Crippen molar-refractivity contribution in [1.82, 2.24) is 15.1 Å². The number of nitrogens with zero attached hydrogens (tertiary/aromatic N) is 2. The zero-order valence-corrected chi connectivity index (χ0v) is 20.3. The molecule has 35 heavy (non-hydrogen) atoms. The van der Waals surface area contributed by atoms with Gasteiger partial charge < -0.3 is 14.6 Å². The predicted octanol–water partition coefficient (Wildman–Crippen LogP) is 4.69. The van der Waals surface area contributed by atoms with Crippen LogP contribution in [0.2, 0.25) is 0 Å². The molecule has 1 aromatic carbocycles. The Morgan fingerprint density at radius 1 is 1.11 bits per heavy atom. The highest BCUT2D eigenvalue weighted by Gasteiger charge is 2.53. The summed E-state index contributed by atoms with van der Waals surface area (Å²) in [6.07, 6.45) is -2.86. The van der Waals surface area contributed by atoms with Gasteiger partial charge in [0.1, 0.15) is 23.1 Å². The van der Waals surface area contributed by atoms with E-state index in [-0.39, 0.29) is 23.1 Å². The van der Waals surface area contributed by atoms with Gasteiger partial charge in [-0.1, -0.05) is 32.0 Å². The highest BCUT2D eigenvalue weighted by molar-refractivity contribution is 6.00. The van der Waals surface area contributed by atoms with Crippen LogP contribution in [0.3, 0.4) is 0 Å². The number of benzene rings is 1. The summed E-state index contributed by atoms with van der Waals surface area (Å²) in [5.41, 5.74) is -1.57. The van der Waals surface area contributed by atoms with Gasteiger partial charge in [0, 0.05) is 25.2 Å². The van der Waals surface area contributed by atoms with Crippen molar-refractivity contribution in [1.29, 1.82) is 0 Å². The van der Waals surface area contributed by atoms with E-state index in [9.17, 15) is 22.8 Å². The Morgan fingerprint density at radius 3 is 2.43 bits per heavy atom. The van der Waals surface area contributed by atoms with Gasteiger partial charge in [-0.3, -0.25) is 14.5 Å². The van der Waals surface area contributed by atoms with Crippen LogP contribution in [0.15, 0.2) is 40.8 Å². The molecule has 2 aliphatic heterocycles. The normalized spacial score (nSPS) is 21.1. The standard InChI is InChI=1S/C26H32F3N3O3/c1-4-32-23(33)21(15-17(2)3)30-24(34)25(32)11-13-31(14-12-25)16-18-9-10-22(35-18)19-7-5-6-8-20(19)26(27,28)29/h5-10,17,21H,4,11-16H2,1-3H3,(H,30,34). The Labute approximate surface area is 203 Å². The first kappa shape index (κ1) is 25.3. The topological polar surface area (TPSA) is 65.8 Å². The van der Waals surface area contributed by atoms with Crippen LogP contribution in [0.5, 0.6) is 0 Å². The number of nitrogens with one attached hydrogen (secondary N) is 1. The van der Waals surface area contributed by atoms with Gasteiger partial charge in [0.25, 0.3) is 0 Å². The van der Waals surface area contributed by atoms with E-state index in [1.807, 2.05) is 20.8 Å². The molecule has 2 amide bonds. The second-order valence-electron chi connectivity index (χ2n) is 9.86. The molecule has 3 heterocycles. The lowest BCUT2D eigenvalue weighted by Gasteiger charge is -2.51. The fraction of sp³-hybridized carbons (Fsp3) is 0.538. The first-order valence-electron chi connectivity index (χ1n) is 12.1. The quantitative estimate of drug-likeness (QED) is 0.637. The smallest absolute Gasteiger partial charge is 0.417 e. The van der Waals surface area contributed by atoms with Crippen LogP contribution >= 0.6 is 0 Å². The van der Waals surface area contributed by atoms with Gasteiger partial charge in [0.2, 0.25) is 11.8 Å². The summed E-state index contributed by atoms with van der Waals surface area (Å²) in [4.78, 5) is 30.2. The second kappa shape index (κ2) is 9.68. The van der Waals surface area contributed by atoms with Gasteiger partial charge in [-0.05, 0) is 50.3 Å². The molecule has 4 rings (SSSR count). The summed E-state index contributed by atoms with van der Waals surface area (Å²) in [5, 5.41) is 2.97. The summed E-state index contributed by atoms with van der Waals surface area (Å²) < 4.78 is 45.9. The average molecular weight is 492 g/mol. The molecule has 1 atom stereocenters. The number of likely N-dealkylation sites (N-methyl/N-ethyl adjacent to an activating group) is 1.